The highest BCUT2D eigenvalue weighted by Crippen LogP contribution is 2.20. The van der Waals surface area contributed by atoms with Gasteiger partial charge in [-0.05, 0) is 12.8 Å². The number of nitrogens with one attached hydrogen (secondary N) is 1. The Kier molecular flexibility index (Phi) is 5.15. The van der Waals surface area contributed by atoms with Gasteiger partial charge in [-0.1, -0.05) is 20.3 Å². The smallest absolute Gasteiger partial charge is 0.331 e. The quantitative estimate of drug-likeness (QED) is 0.788. The van der Waals surface area contributed by atoms with Crippen LogP contribution in [0.5, 0.6) is 5.88 Å². The normalized spacial score (nSPS) is 12.6. The summed E-state index contributed by atoms with van der Waals surface area (Å²) in [5, 5.41) is 10.1. The average molecular weight is 256 g/mol. The molecule has 2 N–H and O–H groups in total. The van der Waals surface area contributed by atoms with Crippen LogP contribution >= 0.6 is 0 Å². The van der Waals surface area contributed by atoms with E-state index in [1.54, 1.807) is 6.92 Å². The Morgan fingerprint density at radius 3 is 2.56 bits per heavy atom. The fraction of sp³-hybridized carbons (Fsp3) is 0.667. The molecule has 0 aliphatic heterocycles. The predicted molar refractivity (Wildman–Crippen MR) is 68.2 cm³/mol. The van der Waals surface area contributed by atoms with Crippen LogP contribution in [0, 0.1) is 0 Å². The summed E-state index contributed by atoms with van der Waals surface area (Å²) >= 11 is 0. The van der Waals surface area contributed by atoms with Crippen molar-refractivity contribution in [2.75, 3.05) is 13.7 Å². The molecule has 0 amide bonds. The van der Waals surface area contributed by atoms with Gasteiger partial charge in [-0.25, -0.2) is 4.79 Å². The van der Waals surface area contributed by atoms with E-state index in [9.17, 15) is 14.7 Å². The van der Waals surface area contributed by atoms with E-state index in [-0.39, 0.29) is 17.5 Å². The van der Waals surface area contributed by atoms with Crippen LogP contribution in [-0.2, 0) is 11.2 Å². The Labute approximate surface area is 105 Å². The van der Waals surface area contributed by atoms with Crippen LogP contribution in [0.25, 0.3) is 0 Å². The second kappa shape index (κ2) is 6.39. The molecule has 0 saturated heterocycles. The molecular formula is C12H20N2O4. The fourth-order valence-corrected chi connectivity index (χ4v) is 2.05. The van der Waals surface area contributed by atoms with Gasteiger partial charge in [0.2, 0.25) is 5.88 Å². The topological polar surface area (TPSA) is 84.3 Å². The van der Waals surface area contributed by atoms with Crippen molar-refractivity contribution < 1.29 is 9.84 Å². The molecule has 6 heteroatoms. The zero-order chi connectivity index (χ0) is 13.7. The lowest BCUT2D eigenvalue weighted by Gasteiger charge is -2.20. The van der Waals surface area contributed by atoms with Crippen molar-refractivity contribution >= 4 is 0 Å². The number of methoxy groups -OCH3 is 1. The first kappa shape index (κ1) is 14.5. The third-order valence-corrected chi connectivity index (χ3v) is 2.91. The molecule has 0 aromatic carbocycles. The molecule has 0 spiro atoms. The van der Waals surface area contributed by atoms with Crippen molar-refractivity contribution in [3.63, 3.8) is 0 Å². The molecule has 1 unspecified atom stereocenters. The number of aromatic nitrogens is 2. The first-order valence-corrected chi connectivity index (χ1v) is 6.12. The highest BCUT2D eigenvalue weighted by Gasteiger charge is 2.19. The molecule has 0 fully saturated rings. The summed E-state index contributed by atoms with van der Waals surface area (Å²) in [5.41, 5.74) is -0.888. The molecule has 18 heavy (non-hydrogen) atoms. The van der Waals surface area contributed by atoms with Crippen LogP contribution in [0.1, 0.15) is 38.3 Å². The second-order valence-corrected chi connectivity index (χ2v) is 4.18. The van der Waals surface area contributed by atoms with Gasteiger partial charge in [0.15, 0.2) is 0 Å². The molecule has 1 atom stereocenters. The molecule has 0 aliphatic rings. The Hall–Kier alpha value is -1.56. The van der Waals surface area contributed by atoms with Crippen molar-refractivity contribution in [3.8, 4) is 5.88 Å². The number of rotatable bonds is 6. The molecule has 0 bridgehead atoms. The van der Waals surface area contributed by atoms with Crippen molar-refractivity contribution in [2.45, 2.75) is 39.2 Å². The average Bonchev–Trinajstić information content (AvgIpc) is 2.29. The largest absolute Gasteiger partial charge is 0.494 e. The number of hydrogen-bond acceptors (Lipinski definition) is 4. The summed E-state index contributed by atoms with van der Waals surface area (Å²) in [4.78, 5) is 25.6. The van der Waals surface area contributed by atoms with Gasteiger partial charge in [-0.2, -0.15) is 0 Å². The molecule has 0 aliphatic carbocycles. The van der Waals surface area contributed by atoms with Crippen LogP contribution in [0.2, 0.25) is 0 Å². The van der Waals surface area contributed by atoms with Crippen molar-refractivity contribution in [3.05, 3.63) is 26.4 Å². The fourth-order valence-electron chi connectivity index (χ4n) is 2.05. The summed E-state index contributed by atoms with van der Waals surface area (Å²) in [6.07, 6.45) is 1.91. The minimum atomic E-state index is -0.592. The third-order valence-electron chi connectivity index (χ3n) is 2.91. The number of nitrogens with zero attached hydrogens (tertiary/aromatic N) is 1. The van der Waals surface area contributed by atoms with Crippen LogP contribution in [0.15, 0.2) is 9.59 Å². The molecule has 0 radical (unpaired) electrons. The molecule has 1 aromatic heterocycles. The predicted octanol–water partition coefficient (Wildman–Crippen LogP) is 0.792. The van der Waals surface area contributed by atoms with Gasteiger partial charge in [0.1, 0.15) is 0 Å². The summed E-state index contributed by atoms with van der Waals surface area (Å²) in [5.74, 6) is -0.248. The molecule has 1 aromatic rings. The van der Waals surface area contributed by atoms with Crippen LogP contribution in [-0.4, -0.2) is 28.4 Å². The van der Waals surface area contributed by atoms with Gasteiger partial charge in [0.05, 0.1) is 18.2 Å². The highest BCUT2D eigenvalue weighted by atomic mass is 16.5. The SMILES string of the molecule is CCCC(COC)n1c(O)c(CC)c(=O)[nH]c1=O. The van der Waals surface area contributed by atoms with E-state index in [1.165, 1.54) is 11.7 Å². The van der Waals surface area contributed by atoms with E-state index in [4.69, 9.17) is 4.74 Å². The maximum Gasteiger partial charge on any atom is 0.331 e. The molecule has 102 valence electrons. The standard InChI is InChI=1S/C12H20N2O4/c1-4-6-8(7-18-3)14-11(16)9(5-2)10(15)13-12(14)17/h8,16H,4-7H2,1-3H3,(H,13,15,17). The molecule has 1 heterocycles. The Balaban J connectivity index is 3.37. The molecule has 6 nitrogen and oxygen atoms in total. The Morgan fingerprint density at radius 1 is 1.39 bits per heavy atom. The van der Waals surface area contributed by atoms with Crippen molar-refractivity contribution in [2.24, 2.45) is 0 Å². The van der Waals surface area contributed by atoms with Gasteiger partial charge >= 0.3 is 5.69 Å². The lowest BCUT2D eigenvalue weighted by atomic mass is 10.1. The van der Waals surface area contributed by atoms with Crippen LogP contribution in [0.3, 0.4) is 0 Å². The number of ether oxygens (including phenoxy) is 1. The minimum absolute atomic E-state index is 0.229. The van der Waals surface area contributed by atoms with Crippen molar-refractivity contribution in [1.29, 1.82) is 0 Å². The van der Waals surface area contributed by atoms with E-state index < -0.39 is 11.2 Å². The molecule has 1 rings (SSSR count). The van der Waals surface area contributed by atoms with Gasteiger partial charge in [-0.3, -0.25) is 14.3 Å². The molecule has 0 saturated carbocycles. The van der Waals surface area contributed by atoms with Gasteiger partial charge < -0.3 is 9.84 Å². The van der Waals surface area contributed by atoms with E-state index in [0.29, 0.717) is 19.4 Å². The number of H-pyrrole nitrogens is 1. The second-order valence-electron chi connectivity index (χ2n) is 4.18. The van der Waals surface area contributed by atoms with Crippen LogP contribution in [0.4, 0.5) is 0 Å². The van der Waals surface area contributed by atoms with E-state index in [1.807, 2.05) is 6.92 Å². The summed E-state index contributed by atoms with van der Waals surface area (Å²) in [7, 11) is 1.54. The zero-order valence-electron chi connectivity index (χ0n) is 11.0. The summed E-state index contributed by atoms with van der Waals surface area (Å²) in [6, 6.07) is -0.269. The maximum absolute atomic E-state index is 11.8. The maximum atomic E-state index is 11.8. The first-order chi connectivity index (χ1) is 8.56. The lowest BCUT2D eigenvalue weighted by molar-refractivity contribution is 0.142. The number of hydrogen-bond donors (Lipinski definition) is 2. The minimum Gasteiger partial charge on any atom is -0.494 e. The van der Waals surface area contributed by atoms with Gasteiger partial charge in [0, 0.05) is 7.11 Å². The Bertz CT molecular complexity index is 498. The third kappa shape index (κ3) is 2.81. The zero-order valence-corrected chi connectivity index (χ0v) is 11.0. The Morgan fingerprint density at radius 2 is 2.06 bits per heavy atom. The van der Waals surface area contributed by atoms with Gasteiger partial charge in [-0.15, -0.1) is 0 Å². The molecular weight excluding hydrogens is 236 g/mol. The van der Waals surface area contributed by atoms with Crippen LogP contribution < -0.4 is 11.2 Å². The lowest BCUT2D eigenvalue weighted by Crippen LogP contribution is -2.35. The number of aromatic hydroxyl groups is 1. The summed E-state index contributed by atoms with van der Waals surface area (Å²) in [6.45, 7) is 4.05. The van der Waals surface area contributed by atoms with Crippen molar-refractivity contribution in [1.82, 2.24) is 9.55 Å². The first-order valence-electron chi connectivity index (χ1n) is 6.12. The van der Waals surface area contributed by atoms with E-state index in [0.717, 1.165) is 6.42 Å². The van der Waals surface area contributed by atoms with E-state index >= 15 is 0 Å². The monoisotopic (exact) mass is 256 g/mol. The summed E-state index contributed by atoms with van der Waals surface area (Å²) < 4.78 is 6.28. The number of aromatic amines is 1. The van der Waals surface area contributed by atoms with E-state index in [2.05, 4.69) is 4.98 Å². The van der Waals surface area contributed by atoms with Gasteiger partial charge in [0.25, 0.3) is 5.56 Å². The highest BCUT2D eigenvalue weighted by molar-refractivity contribution is 5.23.